The number of aryl methyl sites for hydroxylation is 1. The van der Waals surface area contributed by atoms with Crippen molar-refractivity contribution >= 4 is 0 Å². The van der Waals surface area contributed by atoms with Crippen molar-refractivity contribution in [1.82, 2.24) is 10.2 Å². The van der Waals surface area contributed by atoms with Gasteiger partial charge in [0.25, 0.3) is 0 Å². The summed E-state index contributed by atoms with van der Waals surface area (Å²) < 4.78 is 11.8. The van der Waals surface area contributed by atoms with Crippen molar-refractivity contribution in [3.05, 3.63) is 23.2 Å². The van der Waals surface area contributed by atoms with Crippen molar-refractivity contribution < 1.29 is 9.15 Å². The van der Waals surface area contributed by atoms with Gasteiger partial charge < -0.3 is 19.4 Å². The molecule has 0 aromatic carbocycles. The Kier molecular flexibility index (Phi) is 4.44. The fraction of sp³-hybridized carbons (Fsp3) is 0.750. The lowest BCUT2D eigenvalue weighted by Gasteiger charge is -2.28. The molecule has 4 nitrogen and oxygen atoms in total. The van der Waals surface area contributed by atoms with Crippen LogP contribution in [0.1, 0.15) is 42.8 Å². The number of ether oxygens (including phenoxy) is 1. The van der Waals surface area contributed by atoms with Gasteiger partial charge in [-0.1, -0.05) is 0 Å². The van der Waals surface area contributed by atoms with E-state index in [4.69, 9.17) is 9.15 Å². The van der Waals surface area contributed by atoms with Gasteiger partial charge in [-0.15, -0.1) is 0 Å². The first-order chi connectivity index (χ1) is 9.70. The van der Waals surface area contributed by atoms with Crippen molar-refractivity contribution in [3.63, 3.8) is 0 Å². The van der Waals surface area contributed by atoms with E-state index in [-0.39, 0.29) is 0 Å². The zero-order chi connectivity index (χ0) is 13.9. The Bertz CT molecular complexity index is 432. The van der Waals surface area contributed by atoms with E-state index in [1.54, 1.807) is 0 Å². The van der Waals surface area contributed by atoms with Crippen molar-refractivity contribution in [2.75, 3.05) is 20.1 Å². The molecule has 1 aliphatic heterocycles. The molecule has 4 heteroatoms. The van der Waals surface area contributed by atoms with Gasteiger partial charge in [0, 0.05) is 31.2 Å². The number of nitrogens with one attached hydrogen (secondary N) is 1. The number of nitrogens with zero attached hydrogens (tertiary/aromatic N) is 1. The Morgan fingerprint density at radius 3 is 2.75 bits per heavy atom. The summed E-state index contributed by atoms with van der Waals surface area (Å²) in [4.78, 5) is 2.36. The Morgan fingerprint density at radius 2 is 2.05 bits per heavy atom. The van der Waals surface area contributed by atoms with Gasteiger partial charge in [-0.3, -0.25) is 0 Å². The lowest BCUT2D eigenvalue weighted by molar-refractivity contribution is -0.00500. The monoisotopic (exact) mass is 278 g/mol. The van der Waals surface area contributed by atoms with Crippen LogP contribution in [-0.2, 0) is 17.9 Å². The zero-order valence-electron chi connectivity index (χ0n) is 12.7. The molecule has 1 aromatic heterocycles. The highest BCUT2D eigenvalue weighted by Crippen LogP contribution is 2.22. The van der Waals surface area contributed by atoms with E-state index in [0.717, 1.165) is 50.0 Å². The predicted octanol–water partition coefficient (Wildman–Crippen LogP) is 2.45. The molecule has 0 amide bonds. The first-order valence-corrected chi connectivity index (χ1v) is 7.82. The zero-order valence-corrected chi connectivity index (χ0v) is 12.7. The maximum absolute atomic E-state index is 5.98. The largest absolute Gasteiger partial charge is 0.464 e. The van der Waals surface area contributed by atoms with Crippen LogP contribution in [0.25, 0.3) is 0 Å². The summed E-state index contributed by atoms with van der Waals surface area (Å²) in [5.41, 5.74) is 1.28. The maximum atomic E-state index is 5.98. The van der Waals surface area contributed by atoms with E-state index in [0.29, 0.717) is 12.7 Å². The number of piperidine rings is 1. The lowest BCUT2D eigenvalue weighted by Crippen LogP contribution is -2.34. The van der Waals surface area contributed by atoms with E-state index >= 15 is 0 Å². The van der Waals surface area contributed by atoms with Gasteiger partial charge in [-0.25, -0.2) is 0 Å². The summed E-state index contributed by atoms with van der Waals surface area (Å²) in [5, 5.41) is 3.53. The second-order valence-corrected chi connectivity index (χ2v) is 6.26. The first-order valence-electron chi connectivity index (χ1n) is 7.82. The van der Waals surface area contributed by atoms with E-state index in [2.05, 4.69) is 23.3 Å². The number of hydrogen-bond donors (Lipinski definition) is 1. The molecule has 1 aliphatic carbocycles. The number of likely N-dealkylation sites (tertiary alicyclic amines) is 1. The summed E-state index contributed by atoms with van der Waals surface area (Å²) in [7, 11) is 2.17. The standard InChI is InChI=1S/C16H26N2O2/c1-12-13(10-17-14-3-4-14)9-16(20-12)11-19-15-5-7-18(2)8-6-15/h9,14-15,17H,3-8,10-11H2,1-2H3. The first kappa shape index (κ1) is 14.1. The van der Waals surface area contributed by atoms with Gasteiger partial charge >= 0.3 is 0 Å². The van der Waals surface area contributed by atoms with Crippen molar-refractivity contribution in [2.45, 2.75) is 57.9 Å². The van der Waals surface area contributed by atoms with Gasteiger partial charge in [0.15, 0.2) is 0 Å². The normalized spacial score (nSPS) is 21.5. The Balaban J connectivity index is 1.46. The number of furan rings is 1. The average molecular weight is 278 g/mol. The smallest absolute Gasteiger partial charge is 0.130 e. The molecule has 3 rings (SSSR count). The third-order valence-corrected chi connectivity index (χ3v) is 4.36. The molecule has 1 aromatic rings. The summed E-state index contributed by atoms with van der Waals surface area (Å²) >= 11 is 0. The molecule has 0 bridgehead atoms. The molecule has 0 unspecified atom stereocenters. The third kappa shape index (κ3) is 3.84. The summed E-state index contributed by atoms with van der Waals surface area (Å²) in [6.45, 7) is 5.85. The second-order valence-electron chi connectivity index (χ2n) is 6.26. The quantitative estimate of drug-likeness (QED) is 0.867. The van der Waals surface area contributed by atoms with Crippen LogP contribution in [0.2, 0.25) is 0 Å². The van der Waals surface area contributed by atoms with Crippen molar-refractivity contribution in [3.8, 4) is 0 Å². The average Bonchev–Trinajstić information content (AvgIpc) is 3.20. The Labute approximate surface area is 121 Å². The number of rotatable bonds is 6. The van der Waals surface area contributed by atoms with Crippen LogP contribution in [0.4, 0.5) is 0 Å². The minimum atomic E-state index is 0.393. The Hall–Kier alpha value is -0.840. The van der Waals surface area contributed by atoms with E-state index in [9.17, 15) is 0 Å². The molecule has 0 spiro atoms. The maximum Gasteiger partial charge on any atom is 0.130 e. The molecule has 1 saturated carbocycles. The van der Waals surface area contributed by atoms with Crippen LogP contribution in [0.5, 0.6) is 0 Å². The van der Waals surface area contributed by atoms with Crippen LogP contribution >= 0.6 is 0 Å². The Morgan fingerprint density at radius 1 is 1.30 bits per heavy atom. The minimum Gasteiger partial charge on any atom is -0.464 e. The lowest BCUT2D eigenvalue weighted by atomic mass is 10.1. The van der Waals surface area contributed by atoms with Gasteiger partial charge in [-0.2, -0.15) is 0 Å². The highest BCUT2D eigenvalue weighted by atomic mass is 16.5. The SMILES string of the molecule is Cc1oc(COC2CCN(C)CC2)cc1CNC1CC1. The molecule has 0 atom stereocenters. The molecular weight excluding hydrogens is 252 g/mol. The molecule has 2 heterocycles. The van der Waals surface area contributed by atoms with Gasteiger partial charge in [-0.05, 0) is 45.7 Å². The third-order valence-electron chi connectivity index (χ3n) is 4.36. The molecule has 0 radical (unpaired) electrons. The fourth-order valence-electron chi connectivity index (χ4n) is 2.73. The molecule has 2 fully saturated rings. The van der Waals surface area contributed by atoms with Crippen molar-refractivity contribution in [1.29, 1.82) is 0 Å². The minimum absolute atomic E-state index is 0.393. The topological polar surface area (TPSA) is 37.6 Å². The van der Waals surface area contributed by atoms with Crippen LogP contribution < -0.4 is 5.32 Å². The van der Waals surface area contributed by atoms with Crippen molar-refractivity contribution in [2.24, 2.45) is 0 Å². The summed E-state index contributed by atoms with van der Waals surface area (Å²) in [6.07, 6.45) is 5.30. The fourth-order valence-corrected chi connectivity index (χ4v) is 2.73. The van der Waals surface area contributed by atoms with Crippen LogP contribution in [-0.4, -0.2) is 37.2 Å². The van der Waals surface area contributed by atoms with E-state index < -0.39 is 0 Å². The van der Waals surface area contributed by atoms with Crippen LogP contribution in [0.3, 0.4) is 0 Å². The molecule has 1 saturated heterocycles. The molecule has 2 aliphatic rings. The molecular formula is C16H26N2O2. The number of hydrogen-bond acceptors (Lipinski definition) is 4. The molecule has 112 valence electrons. The van der Waals surface area contributed by atoms with Crippen LogP contribution in [0, 0.1) is 6.92 Å². The second kappa shape index (κ2) is 6.29. The highest BCUT2D eigenvalue weighted by Gasteiger charge is 2.21. The van der Waals surface area contributed by atoms with E-state index in [1.807, 2.05) is 6.92 Å². The van der Waals surface area contributed by atoms with E-state index in [1.165, 1.54) is 18.4 Å². The van der Waals surface area contributed by atoms with Gasteiger partial charge in [0.1, 0.15) is 18.1 Å². The van der Waals surface area contributed by atoms with Gasteiger partial charge in [0.05, 0.1) is 6.10 Å². The van der Waals surface area contributed by atoms with Gasteiger partial charge in [0.2, 0.25) is 0 Å². The predicted molar refractivity (Wildman–Crippen MR) is 78.6 cm³/mol. The summed E-state index contributed by atoms with van der Waals surface area (Å²) in [6, 6.07) is 2.89. The molecule has 20 heavy (non-hydrogen) atoms. The highest BCUT2D eigenvalue weighted by molar-refractivity contribution is 5.20. The molecule has 1 N–H and O–H groups in total. The van der Waals surface area contributed by atoms with Crippen LogP contribution in [0.15, 0.2) is 10.5 Å². The summed E-state index contributed by atoms with van der Waals surface area (Å²) in [5.74, 6) is 1.99.